The van der Waals surface area contributed by atoms with E-state index >= 15 is 0 Å². The van der Waals surface area contributed by atoms with Gasteiger partial charge in [0.2, 0.25) is 0 Å². The molecule has 0 aromatic heterocycles. The maximum absolute atomic E-state index is 13.8. The van der Waals surface area contributed by atoms with Crippen molar-refractivity contribution in [3.8, 4) is 0 Å². The number of hydrogen-bond acceptors (Lipinski definition) is 3. The number of allylic oxidation sites excluding steroid dienone is 1. The first kappa shape index (κ1) is 24.8. The normalized spacial score (nSPS) is 12.0. The number of para-hydroxylation sites is 1. The van der Waals surface area contributed by atoms with E-state index in [0.717, 1.165) is 11.1 Å². The number of aryl methyl sites for hydroxylation is 1. The number of ketones is 1. The summed E-state index contributed by atoms with van der Waals surface area (Å²) in [4.78, 5) is 20.3. The Morgan fingerprint density at radius 1 is 1.10 bits per heavy atom. The van der Waals surface area contributed by atoms with Gasteiger partial charge in [-0.2, -0.15) is 0 Å². The fourth-order valence-corrected chi connectivity index (χ4v) is 2.62. The van der Waals surface area contributed by atoms with Crippen LogP contribution in [0.2, 0.25) is 0 Å². The van der Waals surface area contributed by atoms with Gasteiger partial charge in [-0.25, -0.2) is 9.38 Å². The number of carbonyl (C=O) groups excluding carboxylic acids is 1. The molecule has 6 heteroatoms. The van der Waals surface area contributed by atoms with Crippen molar-refractivity contribution in [2.45, 2.75) is 34.6 Å². The zero-order chi connectivity index (χ0) is 22.5. The minimum absolute atomic E-state index is 0.117. The number of aliphatic imine (C=N–C) groups is 2. The molecule has 0 unspecified atom stereocenters. The summed E-state index contributed by atoms with van der Waals surface area (Å²) in [5, 5.41) is 6.10. The highest BCUT2D eigenvalue weighted by Gasteiger charge is 2.06. The Morgan fingerprint density at radius 2 is 1.80 bits per heavy atom. The van der Waals surface area contributed by atoms with Crippen molar-refractivity contribution in [3.05, 3.63) is 77.2 Å². The highest BCUT2D eigenvalue weighted by atomic mass is 19.1. The summed E-state index contributed by atoms with van der Waals surface area (Å²) in [5.74, 6) is 0.687. The largest absolute Gasteiger partial charge is 0.377 e. The summed E-state index contributed by atoms with van der Waals surface area (Å²) in [6.45, 7) is 9.51. The van der Waals surface area contributed by atoms with Crippen molar-refractivity contribution in [3.63, 3.8) is 0 Å². The van der Waals surface area contributed by atoms with Gasteiger partial charge in [0.15, 0.2) is 11.6 Å². The monoisotopic (exact) mass is 410 g/mol. The first-order valence-corrected chi connectivity index (χ1v) is 9.94. The van der Waals surface area contributed by atoms with Crippen LogP contribution in [-0.2, 0) is 4.79 Å². The van der Waals surface area contributed by atoms with Gasteiger partial charge >= 0.3 is 0 Å². The molecule has 0 spiro atoms. The van der Waals surface area contributed by atoms with E-state index in [1.54, 1.807) is 32.2 Å². The number of rotatable bonds is 6. The fourth-order valence-electron chi connectivity index (χ4n) is 2.62. The van der Waals surface area contributed by atoms with Crippen LogP contribution in [0.15, 0.2) is 70.3 Å². The van der Waals surface area contributed by atoms with Gasteiger partial charge in [-0.3, -0.25) is 9.79 Å². The summed E-state index contributed by atoms with van der Waals surface area (Å²) >= 11 is 0. The van der Waals surface area contributed by atoms with Crippen LogP contribution in [0, 0.1) is 12.7 Å². The van der Waals surface area contributed by atoms with Crippen LogP contribution < -0.4 is 10.6 Å². The van der Waals surface area contributed by atoms with Crippen LogP contribution in [-0.4, -0.2) is 31.0 Å². The van der Waals surface area contributed by atoms with Crippen LogP contribution in [0.5, 0.6) is 0 Å². The third-order valence-electron chi connectivity index (χ3n) is 3.82. The van der Waals surface area contributed by atoms with Gasteiger partial charge in [0.25, 0.3) is 0 Å². The molecule has 0 saturated carbocycles. The SMILES string of the molecule is CC.CN=C(N=C(C)N/C(=C\C(C)=O)CNc1ccccc1F)c1cccc(C)c1. The molecule has 5 nitrogen and oxygen atoms in total. The molecule has 0 atom stereocenters. The van der Waals surface area contributed by atoms with Gasteiger partial charge in [-0.05, 0) is 39.0 Å². The van der Waals surface area contributed by atoms with Crippen molar-refractivity contribution >= 4 is 23.1 Å². The molecule has 2 aromatic carbocycles. The lowest BCUT2D eigenvalue weighted by molar-refractivity contribution is -0.112. The Labute approximate surface area is 178 Å². The molecule has 0 radical (unpaired) electrons. The lowest BCUT2D eigenvalue weighted by Gasteiger charge is -2.13. The number of carbonyl (C=O) groups is 1. The van der Waals surface area contributed by atoms with E-state index in [1.807, 2.05) is 45.0 Å². The van der Waals surface area contributed by atoms with Crippen molar-refractivity contribution < 1.29 is 9.18 Å². The van der Waals surface area contributed by atoms with E-state index in [-0.39, 0.29) is 18.1 Å². The predicted molar refractivity (Wildman–Crippen MR) is 125 cm³/mol. The Hall–Kier alpha value is -3.28. The fraction of sp³-hybridized carbons (Fsp3) is 0.292. The Morgan fingerprint density at radius 3 is 2.40 bits per heavy atom. The second-order valence-corrected chi connectivity index (χ2v) is 6.35. The molecule has 2 rings (SSSR count). The molecule has 0 fully saturated rings. The molecular weight excluding hydrogens is 379 g/mol. The molecular formula is C24H31FN4O. The lowest BCUT2D eigenvalue weighted by Crippen LogP contribution is -2.26. The smallest absolute Gasteiger partial charge is 0.156 e. The molecule has 0 aliphatic heterocycles. The summed E-state index contributed by atoms with van der Waals surface area (Å²) in [6.07, 6.45) is 1.46. The topological polar surface area (TPSA) is 65.8 Å². The van der Waals surface area contributed by atoms with Gasteiger partial charge in [0.05, 0.1) is 12.2 Å². The van der Waals surface area contributed by atoms with E-state index in [9.17, 15) is 9.18 Å². The molecule has 2 N–H and O–H groups in total. The van der Waals surface area contributed by atoms with E-state index in [0.29, 0.717) is 23.1 Å². The molecule has 0 heterocycles. The maximum Gasteiger partial charge on any atom is 0.156 e. The van der Waals surface area contributed by atoms with Crippen LogP contribution in [0.1, 0.15) is 38.8 Å². The average molecular weight is 411 g/mol. The summed E-state index contributed by atoms with van der Waals surface area (Å²) in [7, 11) is 1.68. The number of nitrogens with zero attached hydrogens (tertiary/aromatic N) is 2. The molecule has 0 bridgehead atoms. The van der Waals surface area contributed by atoms with E-state index in [2.05, 4.69) is 20.6 Å². The molecule has 2 aromatic rings. The van der Waals surface area contributed by atoms with E-state index < -0.39 is 0 Å². The van der Waals surface area contributed by atoms with E-state index in [4.69, 9.17) is 0 Å². The number of hydrogen-bond donors (Lipinski definition) is 2. The zero-order valence-electron chi connectivity index (χ0n) is 18.6. The van der Waals surface area contributed by atoms with Crippen LogP contribution in [0.4, 0.5) is 10.1 Å². The van der Waals surface area contributed by atoms with Crippen LogP contribution in [0.25, 0.3) is 0 Å². The highest BCUT2D eigenvalue weighted by Crippen LogP contribution is 2.12. The second-order valence-electron chi connectivity index (χ2n) is 6.35. The summed E-state index contributed by atoms with van der Waals surface area (Å²) in [5.41, 5.74) is 2.97. The third kappa shape index (κ3) is 8.39. The predicted octanol–water partition coefficient (Wildman–Crippen LogP) is 5.13. The average Bonchev–Trinajstić information content (AvgIpc) is 2.72. The van der Waals surface area contributed by atoms with Gasteiger partial charge in [0.1, 0.15) is 11.7 Å². The van der Waals surface area contributed by atoms with Gasteiger partial charge in [0, 0.05) is 24.4 Å². The molecule has 0 aliphatic rings. The van der Waals surface area contributed by atoms with Crippen molar-refractivity contribution in [2.75, 3.05) is 18.9 Å². The Kier molecular flexibility index (Phi) is 10.8. The number of anilines is 1. The molecule has 0 saturated heterocycles. The number of halogens is 1. The number of benzene rings is 2. The molecule has 0 amide bonds. The van der Waals surface area contributed by atoms with Gasteiger partial charge in [-0.15, -0.1) is 0 Å². The van der Waals surface area contributed by atoms with Crippen molar-refractivity contribution in [1.29, 1.82) is 0 Å². The minimum atomic E-state index is -0.352. The van der Waals surface area contributed by atoms with Gasteiger partial charge < -0.3 is 10.6 Å². The molecule has 30 heavy (non-hydrogen) atoms. The van der Waals surface area contributed by atoms with E-state index in [1.165, 1.54) is 19.1 Å². The maximum atomic E-state index is 13.8. The van der Waals surface area contributed by atoms with Crippen molar-refractivity contribution in [1.82, 2.24) is 5.32 Å². The molecule has 0 aliphatic carbocycles. The Bertz CT molecular complexity index is 932. The van der Waals surface area contributed by atoms with Crippen LogP contribution >= 0.6 is 0 Å². The summed E-state index contributed by atoms with van der Waals surface area (Å²) in [6, 6.07) is 14.3. The second kappa shape index (κ2) is 13.0. The molecule has 160 valence electrons. The summed E-state index contributed by atoms with van der Waals surface area (Å²) < 4.78 is 13.8. The Balaban J connectivity index is 0.00000218. The van der Waals surface area contributed by atoms with Gasteiger partial charge in [-0.1, -0.05) is 49.7 Å². The van der Waals surface area contributed by atoms with Crippen LogP contribution in [0.3, 0.4) is 0 Å². The quantitative estimate of drug-likeness (QED) is 0.394. The van der Waals surface area contributed by atoms with Crippen molar-refractivity contribution in [2.24, 2.45) is 9.98 Å². The third-order valence-corrected chi connectivity index (χ3v) is 3.82. The minimum Gasteiger partial charge on any atom is -0.377 e. The first-order chi connectivity index (χ1) is 14.4. The number of nitrogens with one attached hydrogen (secondary N) is 2. The standard InChI is InChI=1S/C22H25FN4O.C2H6/c1-15-8-7-9-18(12-15)22(24-4)27-17(3)26-19(13-16(2)28)14-25-21-11-6-5-10-20(21)23;1-2/h5-13,25H,14H2,1-4H3,(H,24,26,27);1-2H3/b19-13-;. The highest BCUT2D eigenvalue weighted by molar-refractivity contribution is 6.06. The zero-order valence-corrected chi connectivity index (χ0v) is 18.6. The number of amidine groups is 2. The lowest BCUT2D eigenvalue weighted by atomic mass is 10.1. The first-order valence-electron chi connectivity index (χ1n) is 9.94.